The van der Waals surface area contributed by atoms with Crippen LogP contribution >= 0.6 is 0 Å². The molecule has 5 nitrogen and oxygen atoms in total. The zero-order valence-corrected chi connectivity index (χ0v) is 13.1. The molecule has 2 saturated heterocycles. The molecule has 24 heavy (non-hydrogen) atoms. The third kappa shape index (κ3) is 2.59. The average molecular weight is 342 g/mol. The van der Waals surface area contributed by atoms with E-state index >= 15 is 0 Å². The van der Waals surface area contributed by atoms with Crippen LogP contribution in [-0.4, -0.2) is 53.6 Å². The van der Waals surface area contributed by atoms with Crippen molar-refractivity contribution in [1.82, 2.24) is 9.80 Å². The topological polar surface area (TPSA) is 49.9 Å². The highest BCUT2D eigenvalue weighted by Gasteiger charge is 2.50. The number of carbonyl (C=O) groups is 2. The number of benzene rings is 1. The van der Waals surface area contributed by atoms with Crippen LogP contribution < -0.4 is 0 Å². The maximum atomic E-state index is 13.1. The summed E-state index contributed by atoms with van der Waals surface area (Å²) in [5.74, 6) is -0.672. The first-order valence-corrected chi connectivity index (χ1v) is 7.68. The van der Waals surface area contributed by atoms with Gasteiger partial charge in [0.25, 0.3) is 5.91 Å². The van der Waals surface area contributed by atoms with Crippen LogP contribution in [0.25, 0.3) is 0 Å². The lowest BCUT2D eigenvalue weighted by Gasteiger charge is -2.44. The van der Waals surface area contributed by atoms with Crippen molar-refractivity contribution >= 4 is 12.0 Å². The Kier molecular flexibility index (Phi) is 3.93. The van der Waals surface area contributed by atoms with Crippen molar-refractivity contribution in [3.8, 4) is 0 Å². The van der Waals surface area contributed by atoms with E-state index in [1.165, 1.54) is 23.1 Å². The third-order valence-electron chi connectivity index (χ3n) is 4.74. The molecular weight excluding hydrogens is 325 g/mol. The molecule has 2 heterocycles. The minimum atomic E-state index is -4.59. The van der Waals surface area contributed by atoms with Gasteiger partial charge in [-0.3, -0.25) is 9.69 Å². The summed E-state index contributed by atoms with van der Waals surface area (Å²) in [7, 11) is 0. The van der Waals surface area contributed by atoms with Gasteiger partial charge < -0.3 is 9.64 Å². The molecule has 2 aliphatic rings. The lowest BCUT2D eigenvalue weighted by atomic mass is 9.92. The van der Waals surface area contributed by atoms with E-state index in [1.54, 1.807) is 4.90 Å². The molecule has 1 unspecified atom stereocenters. The highest BCUT2D eigenvalue weighted by Crippen LogP contribution is 2.35. The monoisotopic (exact) mass is 342 g/mol. The van der Waals surface area contributed by atoms with Crippen molar-refractivity contribution in [2.45, 2.75) is 25.1 Å². The molecule has 0 aromatic heterocycles. The Labute approximate surface area is 137 Å². The Hall–Kier alpha value is -2.25. The molecule has 8 heteroatoms. The number of piperazine rings is 1. The van der Waals surface area contributed by atoms with Gasteiger partial charge in [-0.1, -0.05) is 19.1 Å². The molecule has 0 saturated carbocycles. The minimum absolute atomic E-state index is 0.146. The zero-order chi connectivity index (χ0) is 17.5. The predicted molar refractivity (Wildman–Crippen MR) is 78.4 cm³/mol. The number of rotatable bonds is 2. The van der Waals surface area contributed by atoms with Crippen molar-refractivity contribution in [2.24, 2.45) is 0 Å². The smallest absolute Gasteiger partial charge is 0.417 e. The van der Waals surface area contributed by atoms with Gasteiger partial charge in [-0.05, 0) is 18.6 Å². The van der Waals surface area contributed by atoms with Gasteiger partial charge in [0, 0.05) is 19.6 Å². The number of amides is 2. The molecule has 0 radical (unpaired) electrons. The summed E-state index contributed by atoms with van der Waals surface area (Å²) >= 11 is 0. The first-order valence-electron chi connectivity index (χ1n) is 7.68. The molecule has 1 aromatic carbocycles. The number of hydrogen-bond donors (Lipinski definition) is 0. The van der Waals surface area contributed by atoms with Gasteiger partial charge in [0.05, 0.1) is 16.7 Å². The number of nitrogens with zero attached hydrogens (tertiary/aromatic N) is 2. The van der Waals surface area contributed by atoms with E-state index in [-0.39, 0.29) is 31.8 Å². The van der Waals surface area contributed by atoms with E-state index in [9.17, 15) is 22.8 Å². The molecule has 0 aliphatic carbocycles. The fraction of sp³-hybridized carbons (Fsp3) is 0.500. The summed E-state index contributed by atoms with van der Waals surface area (Å²) in [6.07, 6.45) is -4.47. The lowest BCUT2D eigenvalue weighted by molar-refractivity contribution is -0.138. The van der Waals surface area contributed by atoms with Gasteiger partial charge in [-0.2, -0.15) is 13.2 Å². The Bertz CT molecular complexity index is 677. The Morgan fingerprint density at radius 3 is 2.67 bits per heavy atom. The SMILES string of the molecule is CCC12COC(=O)N1CCN(C(=O)c1ccccc1C(F)(F)F)C2. The average Bonchev–Trinajstić information content (AvgIpc) is 2.90. The number of ether oxygens (including phenoxy) is 1. The second kappa shape index (κ2) is 5.68. The van der Waals surface area contributed by atoms with E-state index in [2.05, 4.69) is 0 Å². The number of halogens is 3. The second-order valence-corrected chi connectivity index (χ2v) is 6.05. The predicted octanol–water partition coefficient (Wildman–Crippen LogP) is 2.76. The molecule has 0 bridgehead atoms. The fourth-order valence-corrected chi connectivity index (χ4v) is 3.33. The van der Waals surface area contributed by atoms with Gasteiger partial charge in [0.2, 0.25) is 0 Å². The van der Waals surface area contributed by atoms with Crippen molar-refractivity contribution < 1.29 is 27.5 Å². The molecule has 2 amide bonds. The molecule has 3 rings (SSSR count). The molecule has 2 fully saturated rings. The third-order valence-corrected chi connectivity index (χ3v) is 4.74. The number of hydrogen-bond acceptors (Lipinski definition) is 3. The molecule has 2 aliphatic heterocycles. The van der Waals surface area contributed by atoms with Gasteiger partial charge in [0.1, 0.15) is 6.61 Å². The Morgan fingerprint density at radius 1 is 1.29 bits per heavy atom. The zero-order valence-electron chi connectivity index (χ0n) is 13.1. The molecule has 1 atom stereocenters. The van der Waals surface area contributed by atoms with Gasteiger partial charge >= 0.3 is 12.3 Å². The normalized spacial score (nSPS) is 23.9. The van der Waals surface area contributed by atoms with Gasteiger partial charge in [0.15, 0.2) is 0 Å². The van der Waals surface area contributed by atoms with Crippen molar-refractivity contribution in [2.75, 3.05) is 26.2 Å². The Morgan fingerprint density at radius 2 is 2.00 bits per heavy atom. The summed E-state index contributed by atoms with van der Waals surface area (Å²) in [5.41, 5.74) is -1.96. The minimum Gasteiger partial charge on any atom is -0.447 e. The molecule has 130 valence electrons. The molecule has 0 spiro atoms. The lowest BCUT2D eigenvalue weighted by Crippen LogP contribution is -2.62. The van der Waals surface area contributed by atoms with E-state index in [1.807, 2.05) is 6.92 Å². The molecule has 1 aromatic rings. The maximum Gasteiger partial charge on any atom is 0.417 e. The van der Waals surface area contributed by atoms with Crippen LogP contribution in [0.2, 0.25) is 0 Å². The Balaban J connectivity index is 1.89. The van der Waals surface area contributed by atoms with E-state index < -0.39 is 29.3 Å². The van der Waals surface area contributed by atoms with Crippen molar-refractivity contribution in [3.63, 3.8) is 0 Å². The van der Waals surface area contributed by atoms with Crippen LogP contribution in [0.3, 0.4) is 0 Å². The quantitative estimate of drug-likeness (QED) is 0.830. The molecule has 0 N–H and O–H groups in total. The van der Waals surface area contributed by atoms with Gasteiger partial charge in [-0.15, -0.1) is 0 Å². The van der Waals surface area contributed by atoms with Crippen molar-refractivity contribution in [1.29, 1.82) is 0 Å². The second-order valence-electron chi connectivity index (χ2n) is 6.05. The first-order chi connectivity index (χ1) is 11.3. The largest absolute Gasteiger partial charge is 0.447 e. The number of carbonyl (C=O) groups excluding carboxylic acids is 2. The van der Waals surface area contributed by atoms with E-state index in [0.29, 0.717) is 6.42 Å². The summed E-state index contributed by atoms with van der Waals surface area (Å²) in [6, 6.07) is 4.76. The van der Waals surface area contributed by atoms with Crippen LogP contribution in [0.1, 0.15) is 29.3 Å². The standard InChI is InChI=1S/C16H17F3N2O3/c1-2-15-9-20(7-8-21(15)14(23)24-10-15)13(22)11-5-3-4-6-12(11)16(17,18)19/h3-6H,2,7-10H2,1H3. The highest BCUT2D eigenvalue weighted by molar-refractivity contribution is 5.96. The first kappa shape index (κ1) is 16.6. The summed E-state index contributed by atoms with van der Waals surface area (Å²) < 4.78 is 44.5. The number of fused-ring (bicyclic) bond motifs is 1. The summed E-state index contributed by atoms with van der Waals surface area (Å²) in [6.45, 7) is 2.62. The highest BCUT2D eigenvalue weighted by atomic mass is 19.4. The van der Waals surface area contributed by atoms with Crippen LogP contribution in [0.5, 0.6) is 0 Å². The number of alkyl halides is 3. The molecular formula is C16H17F3N2O3. The van der Waals surface area contributed by atoms with Crippen LogP contribution in [0.15, 0.2) is 24.3 Å². The number of cyclic esters (lactones) is 1. The van der Waals surface area contributed by atoms with Crippen LogP contribution in [-0.2, 0) is 10.9 Å². The van der Waals surface area contributed by atoms with Crippen LogP contribution in [0, 0.1) is 0 Å². The fourth-order valence-electron chi connectivity index (χ4n) is 3.33. The summed E-state index contributed by atoms with van der Waals surface area (Å²) in [5, 5.41) is 0. The van der Waals surface area contributed by atoms with E-state index in [0.717, 1.165) is 6.07 Å². The van der Waals surface area contributed by atoms with Crippen LogP contribution in [0.4, 0.5) is 18.0 Å². The van der Waals surface area contributed by atoms with Crippen molar-refractivity contribution in [3.05, 3.63) is 35.4 Å². The summed E-state index contributed by atoms with van der Waals surface area (Å²) in [4.78, 5) is 27.4. The maximum absolute atomic E-state index is 13.1. The van der Waals surface area contributed by atoms with E-state index in [4.69, 9.17) is 4.74 Å². The van der Waals surface area contributed by atoms with Gasteiger partial charge in [-0.25, -0.2) is 4.79 Å².